The van der Waals surface area contributed by atoms with Gasteiger partial charge in [0.2, 0.25) is 21.2 Å². The van der Waals surface area contributed by atoms with Crippen LogP contribution in [-0.2, 0) is 23.3 Å². The number of hydrogen-bond donors (Lipinski definition) is 1. The van der Waals surface area contributed by atoms with E-state index in [1.54, 1.807) is 20.8 Å². The third-order valence-corrected chi connectivity index (χ3v) is 11.2. The number of benzene rings is 1. The van der Waals surface area contributed by atoms with Gasteiger partial charge in [-0.1, -0.05) is 0 Å². The lowest BCUT2D eigenvalue weighted by molar-refractivity contribution is -0.457. The monoisotopic (exact) mass is 857 g/mol. The maximum atomic E-state index is 14.5. The number of allylic oxidation sites excluding steroid dienone is 2. The number of alkyl halides is 19. The van der Waals surface area contributed by atoms with Gasteiger partial charge in [-0.3, -0.25) is 0 Å². The summed E-state index contributed by atoms with van der Waals surface area (Å²) in [7, 11) is -8.09. The molecule has 0 bridgehead atoms. The van der Waals surface area contributed by atoms with Gasteiger partial charge in [0.05, 0.1) is 4.90 Å². The van der Waals surface area contributed by atoms with Crippen molar-refractivity contribution in [2.75, 3.05) is 26.4 Å². The number of nitrogens with one attached hydrogen (secondary N) is 1. The van der Waals surface area contributed by atoms with E-state index >= 15 is 0 Å². The molecule has 1 N–H and O–H groups in total. The van der Waals surface area contributed by atoms with Crippen LogP contribution in [0.1, 0.15) is 27.2 Å². The number of sulfonamides is 1. The average Bonchev–Trinajstić information content (AvgIpc) is 2.94. The van der Waals surface area contributed by atoms with E-state index in [4.69, 9.17) is 13.3 Å². The molecule has 53 heavy (non-hydrogen) atoms. The predicted octanol–water partition coefficient (Wildman–Crippen LogP) is 9.10. The first-order valence-electron chi connectivity index (χ1n) is 14.1. The van der Waals surface area contributed by atoms with Gasteiger partial charge in [-0.05, 0) is 51.5 Å². The first kappa shape index (κ1) is 48.5. The van der Waals surface area contributed by atoms with Crippen molar-refractivity contribution in [3.63, 3.8) is 0 Å². The Kier molecular flexibility index (Phi) is 14.9. The second-order valence-electron chi connectivity index (χ2n) is 10.1. The second-order valence-corrected chi connectivity index (χ2v) is 14.6. The summed E-state index contributed by atoms with van der Waals surface area (Å²) in [6.45, 7) is 4.68. The predicted molar refractivity (Wildman–Crippen MR) is 142 cm³/mol. The lowest BCUT2D eigenvalue weighted by atomic mass is 9.66. The van der Waals surface area contributed by atoms with Gasteiger partial charge in [-0.2, -0.15) is 83.4 Å². The molecule has 0 amide bonds. The van der Waals surface area contributed by atoms with Crippen molar-refractivity contribution in [3.8, 4) is 5.75 Å². The molecule has 7 nitrogen and oxygen atoms in total. The minimum atomic E-state index is -9.16. The molecule has 1 rings (SSSR count). The van der Waals surface area contributed by atoms with E-state index in [2.05, 4.69) is 4.74 Å². The molecular formula is C25H26F19NO6SSi. The lowest BCUT2D eigenvalue weighted by Gasteiger charge is -2.48. The highest BCUT2D eigenvalue weighted by Gasteiger charge is 2.96. The molecule has 0 aromatic heterocycles. The maximum Gasteiger partial charge on any atom is 0.500 e. The smallest absolute Gasteiger partial charge is 0.452 e. The van der Waals surface area contributed by atoms with Gasteiger partial charge >= 0.3 is 51.5 Å². The molecule has 310 valence electrons. The summed E-state index contributed by atoms with van der Waals surface area (Å²) in [6.07, 6.45) is -41.6. The van der Waals surface area contributed by atoms with E-state index < -0.39 is 95.5 Å². The molecule has 0 fully saturated rings. The fourth-order valence-electron chi connectivity index (χ4n) is 4.60. The van der Waals surface area contributed by atoms with Crippen molar-refractivity contribution in [2.24, 2.45) is 5.41 Å². The molecule has 1 aromatic carbocycles. The van der Waals surface area contributed by atoms with Crippen LogP contribution in [0.4, 0.5) is 83.4 Å². The number of halogens is 19. The SMILES string of the molecule is CCO[Si](CCCNS(=O)(=O)c1ccc(O/C(=C(\C(F)(F)F)C(C(F)(F)F)(C(F)(F)C(F)(F)F)C(F)(F)C(F)(F)F)C(F)(F)F)cc1)(OCC)OCC. The van der Waals surface area contributed by atoms with Crippen LogP contribution in [0.15, 0.2) is 40.5 Å². The highest BCUT2D eigenvalue weighted by Crippen LogP contribution is 2.72. The Labute approximate surface area is 287 Å². The van der Waals surface area contributed by atoms with Crippen molar-refractivity contribution < 1.29 is 110 Å². The first-order valence-corrected chi connectivity index (χ1v) is 17.5. The largest absolute Gasteiger partial charge is 0.500 e. The Morgan fingerprint density at radius 2 is 1.02 bits per heavy atom. The summed E-state index contributed by atoms with van der Waals surface area (Å²) in [4.78, 5) is -1.03. The van der Waals surface area contributed by atoms with Crippen LogP contribution in [0.3, 0.4) is 0 Å². The first-order chi connectivity index (χ1) is 23.6. The van der Waals surface area contributed by atoms with Crippen LogP contribution < -0.4 is 9.46 Å². The molecule has 0 radical (unpaired) electrons. The molecule has 1 aromatic rings. The van der Waals surface area contributed by atoms with Crippen LogP contribution in [-0.4, -0.2) is 86.3 Å². The molecule has 0 unspecified atom stereocenters. The Balaban J connectivity index is 3.96. The molecule has 0 aliphatic heterocycles. The summed E-state index contributed by atoms with van der Waals surface area (Å²) in [6, 6.07) is -0.115. The summed E-state index contributed by atoms with van der Waals surface area (Å²) in [5, 5.41) is 0. The van der Waals surface area contributed by atoms with Gasteiger partial charge < -0.3 is 18.0 Å². The molecule has 0 saturated heterocycles. The maximum absolute atomic E-state index is 14.5. The standard InChI is InChI=1S/C25H26F19NO6SSi/c1-4-48-53(49-5-2,50-6-3)13-7-12-45-52(46,47)15-10-8-14(9-11-15)51-17(20(29,30)31)16(19(26,27)28)18(23(36,37)38,21(32,33)24(39,40)41)22(34,35)25(42,43)44/h8-11,45H,4-7,12-13H2,1-3H3/b17-16-. The Morgan fingerprint density at radius 3 is 1.32 bits per heavy atom. The zero-order valence-electron chi connectivity index (χ0n) is 26.6. The van der Waals surface area contributed by atoms with Gasteiger partial charge in [0.15, 0.2) is 0 Å². The fraction of sp³-hybridized carbons (Fsp3) is 0.680. The third-order valence-electron chi connectivity index (χ3n) is 6.62. The van der Waals surface area contributed by atoms with Crippen LogP contribution in [0.2, 0.25) is 6.04 Å². The van der Waals surface area contributed by atoms with Gasteiger partial charge in [-0.25, -0.2) is 13.1 Å². The molecule has 0 aliphatic carbocycles. The summed E-state index contributed by atoms with van der Waals surface area (Å²) < 4.78 is 310. The van der Waals surface area contributed by atoms with Crippen molar-refractivity contribution >= 4 is 18.8 Å². The van der Waals surface area contributed by atoms with Gasteiger partial charge in [0, 0.05) is 32.4 Å². The van der Waals surface area contributed by atoms with Crippen molar-refractivity contribution in [1.82, 2.24) is 4.72 Å². The Bertz CT molecular complexity index is 1460. The zero-order chi connectivity index (χ0) is 41.9. The molecule has 0 aliphatic rings. The van der Waals surface area contributed by atoms with Crippen molar-refractivity contribution in [1.29, 1.82) is 0 Å². The van der Waals surface area contributed by atoms with E-state index in [0.717, 1.165) is 0 Å². The van der Waals surface area contributed by atoms with Gasteiger partial charge in [0.25, 0.3) is 0 Å². The molecule has 0 atom stereocenters. The zero-order valence-corrected chi connectivity index (χ0v) is 28.4. The Morgan fingerprint density at radius 1 is 0.623 bits per heavy atom. The fourth-order valence-corrected chi connectivity index (χ4v) is 8.28. The van der Waals surface area contributed by atoms with Crippen molar-refractivity contribution in [2.45, 2.75) is 80.9 Å². The van der Waals surface area contributed by atoms with Gasteiger partial charge in [-0.15, -0.1) is 0 Å². The van der Waals surface area contributed by atoms with E-state index in [-0.39, 0.29) is 56.6 Å². The minimum absolute atomic E-state index is 0.00605. The topological polar surface area (TPSA) is 83.1 Å². The van der Waals surface area contributed by atoms with Crippen molar-refractivity contribution in [3.05, 3.63) is 35.6 Å². The minimum Gasteiger partial charge on any atom is -0.452 e. The van der Waals surface area contributed by atoms with E-state index in [0.29, 0.717) is 0 Å². The molecule has 0 spiro atoms. The normalized spacial score (nSPS) is 15.4. The van der Waals surface area contributed by atoms with Gasteiger partial charge in [0.1, 0.15) is 11.3 Å². The quantitative estimate of drug-likeness (QED) is 0.0729. The molecule has 28 heteroatoms. The lowest BCUT2D eigenvalue weighted by Crippen LogP contribution is -2.73. The van der Waals surface area contributed by atoms with Crippen LogP contribution in [0.5, 0.6) is 5.75 Å². The third kappa shape index (κ3) is 10.0. The summed E-state index contributed by atoms with van der Waals surface area (Å²) in [5.74, 6) is -25.0. The van der Waals surface area contributed by atoms with E-state index in [9.17, 15) is 91.8 Å². The van der Waals surface area contributed by atoms with E-state index in [1.807, 2.05) is 4.72 Å². The molecule has 0 heterocycles. The van der Waals surface area contributed by atoms with Crippen LogP contribution in [0.25, 0.3) is 0 Å². The second kappa shape index (κ2) is 16.3. The van der Waals surface area contributed by atoms with Crippen LogP contribution in [0, 0.1) is 5.41 Å². The number of ether oxygens (including phenoxy) is 1. The summed E-state index contributed by atoms with van der Waals surface area (Å²) in [5.41, 5.74) is -15.0. The average molecular weight is 858 g/mol. The number of hydrogen-bond acceptors (Lipinski definition) is 6. The van der Waals surface area contributed by atoms with Crippen LogP contribution >= 0.6 is 0 Å². The van der Waals surface area contributed by atoms with E-state index in [1.165, 1.54) is 0 Å². The highest BCUT2D eigenvalue weighted by molar-refractivity contribution is 7.89. The molecule has 0 saturated carbocycles. The molecular weight excluding hydrogens is 831 g/mol. The number of rotatable bonds is 17. The Hall–Kier alpha value is -2.56. The highest BCUT2D eigenvalue weighted by atomic mass is 32.2. The summed E-state index contributed by atoms with van der Waals surface area (Å²) >= 11 is 0.